The number of guanidine groups is 1. The number of ether oxygens (including phenoxy) is 1. The summed E-state index contributed by atoms with van der Waals surface area (Å²) in [7, 11) is 1.88. The van der Waals surface area contributed by atoms with Crippen molar-refractivity contribution in [2.24, 2.45) is 10.4 Å². The number of halogens is 1. The topological polar surface area (TPSA) is 48.9 Å². The second-order valence-electron chi connectivity index (χ2n) is 8.30. The van der Waals surface area contributed by atoms with Gasteiger partial charge in [0.25, 0.3) is 0 Å². The molecule has 2 aliphatic rings. The van der Waals surface area contributed by atoms with Gasteiger partial charge < -0.3 is 20.3 Å². The molecule has 2 atom stereocenters. The Morgan fingerprint density at radius 1 is 1.15 bits per heavy atom. The zero-order valence-corrected chi connectivity index (χ0v) is 19.8. The van der Waals surface area contributed by atoms with E-state index in [1.54, 1.807) is 0 Å². The first-order valence-electron chi connectivity index (χ1n) is 10.3. The monoisotopic (exact) mass is 480 g/mol. The molecular formula is C20H41IN4O. The van der Waals surface area contributed by atoms with Crippen LogP contribution in [0.3, 0.4) is 0 Å². The van der Waals surface area contributed by atoms with Crippen LogP contribution in [0.1, 0.15) is 66.2 Å². The predicted octanol–water partition coefficient (Wildman–Crippen LogP) is 3.63. The van der Waals surface area contributed by atoms with Gasteiger partial charge in [-0.15, -0.1) is 24.0 Å². The third-order valence-corrected chi connectivity index (χ3v) is 6.00. The minimum Gasteiger partial charge on any atom is -0.378 e. The highest BCUT2D eigenvalue weighted by Gasteiger charge is 2.49. The minimum absolute atomic E-state index is 0. The number of hydrogen-bond acceptors (Lipinski definition) is 3. The maximum atomic E-state index is 6.06. The van der Waals surface area contributed by atoms with Crippen molar-refractivity contribution in [2.45, 2.75) is 84.4 Å². The van der Waals surface area contributed by atoms with Gasteiger partial charge in [0.15, 0.2) is 5.96 Å². The van der Waals surface area contributed by atoms with E-state index in [2.05, 4.69) is 48.2 Å². The number of hydrogen-bond donors (Lipinski definition) is 2. The Hall–Kier alpha value is -0.0800. The lowest BCUT2D eigenvalue weighted by Crippen LogP contribution is -2.64. The van der Waals surface area contributed by atoms with Crippen molar-refractivity contribution in [1.82, 2.24) is 15.5 Å². The summed E-state index contributed by atoms with van der Waals surface area (Å²) in [5.41, 5.74) is 0.163. The van der Waals surface area contributed by atoms with Crippen LogP contribution < -0.4 is 10.6 Å². The van der Waals surface area contributed by atoms with Crippen LogP contribution in [-0.4, -0.2) is 62.3 Å². The molecule has 2 N–H and O–H groups in total. The summed E-state index contributed by atoms with van der Waals surface area (Å²) in [5.74, 6) is 0.957. The number of unbranched alkanes of at least 4 members (excludes halogenated alkanes) is 1. The van der Waals surface area contributed by atoms with Crippen LogP contribution in [-0.2, 0) is 4.74 Å². The van der Waals surface area contributed by atoms with E-state index in [4.69, 9.17) is 4.74 Å². The number of aliphatic imine (C=N–C) groups is 1. The molecule has 1 saturated heterocycles. The summed E-state index contributed by atoms with van der Waals surface area (Å²) in [5, 5.41) is 7.29. The van der Waals surface area contributed by atoms with Gasteiger partial charge in [-0.2, -0.15) is 0 Å². The van der Waals surface area contributed by atoms with E-state index in [1.807, 2.05) is 7.05 Å². The number of rotatable bonds is 8. The molecule has 5 nitrogen and oxygen atoms in total. The van der Waals surface area contributed by atoms with Crippen molar-refractivity contribution in [3.63, 3.8) is 0 Å². The molecule has 2 fully saturated rings. The van der Waals surface area contributed by atoms with Crippen molar-refractivity contribution in [2.75, 3.05) is 33.3 Å². The van der Waals surface area contributed by atoms with Crippen LogP contribution in [0.4, 0.5) is 0 Å². The molecule has 1 saturated carbocycles. The maximum absolute atomic E-state index is 6.06. The fourth-order valence-electron chi connectivity index (χ4n) is 3.93. The molecule has 6 heteroatoms. The van der Waals surface area contributed by atoms with Crippen molar-refractivity contribution >= 4 is 29.9 Å². The molecule has 0 radical (unpaired) electrons. The van der Waals surface area contributed by atoms with Crippen LogP contribution in [0.5, 0.6) is 0 Å². The van der Waals surface area contributed by atoms with E-state index in [9.17, 15) is 0 Å². The molecule has 0 spiro atoms. The molecule has 2 rings (SSSR count). The number of likely N-dealkylation sites (tertiary alicyclic amines) is 1. The number of nitrogens with one attached hydrogen (secondary N) is 2. The largest absolute Gasteiger partial charge is 0.378 e. The number of nitrogens with zero attached hydrogens (tertiary/aromatic N) is 2. The van der Waals surface area contributed by atoms with Gasteiger partial charge in [0.05, 0.1) is 6.10 Å². The summed E-state index contributed by atoms with van der Waals surface area (Å²) < 4.78 is 6.06. The minimum atomic E-state index is 0. The SMILES string of the molecule is CCCCOC1CC(NC(=NC)NC2CCN(CCC)CC2)C1(C)C.I. The van der Waals surface area contributed by atoms with Gasteiger partial charge in [-0.25, -0.2) is 0 Å². The van der Waals surface area contributed by atoms with E-state index in [0.29, 0.717) is 18.2 Å². The van der Waals surface area contributed by atoms with Gasteiger partial charge in [-0.3, -0.25) is 4.99 Å². The van der Waals surface area contributed by atoms with Crippen molar-refractivity contribution in [3.05, 3.63) is 0 Å². The molecule has 1 aliphatic heterocycles. The lowest BCUT2D eigenvalue weighted by Gasteiger charge is -2.52. The van der Waals surface area contributed by atoms with Crippen LogP contribution in [0.15, 0.2) is 4.99 Å². The fraction of sp³-hybridized carbons (Fsp3) is 0.950. The predicted molar refractivity (Wildman–Crippen MR) is 122 cm³/mol. The molecule has 0 aromatic rings. The Kier molecular flexibility index (Phi) is 10.8. The molecule has 0 aromatic carbocycles. The summed E-state index contributed by atoms with van der Waals surface area (Å²) in [6.07, 6.45) is 7.46. The Balaban J connectivity index is 0.00000338. The van der Waals surface area contributed by atoms with Gasteiger partial charge in [0.2, 0.25) is 0 Å². The van der Waals surface area contributed by atoms with E-state index in [1.165, 1.54) is 45.3 Å². The van der Waals surface area contributed by atoms with Gasteiger partial charge in [0.1, 0.15) is 0 Å². The lowest BCUT2D eigenvalue weighted by atomic mass is 9.64. The summed E-state index contributed by atoms with van der Waals surface area (Å²) in [6.45, 7) is 13.6. The molecule has 0 amide bonds. The lowest BCUT2D eigenvalue weighted by molar-refractivity contribution is -0.113. The maximum Gasteiger partial charge on any atom is 0.191 e. The van der Waals surface area contributed by atoms with Crippen LogP contribution in [0.25, 0.3) is 0 Å². The highest BCUT2D eigenvalue weighted by Crippen LogP contribution is 2.42. The van der Waals surface area contributed by atoms with E-state index in [-0.39, 0.29) is 29.4 Å². The molecule has 0 bridgehead atoms. The second kappa shape index (κ2) is 11.7. The van der Waals surface area contributed by atoms with Crippen molar-refractivity contribution in [3.8, 4) is 0 Å². The quantitative estimate of drug-likeness (QED) is 0.241. The van der Waals surface area contributed by atoms with Crippen molar-refractivity contribution < 1.29 is 4.74 Å². The summed E-state index contributed by atoms with van der Waals surface area (Å²) in [4.78, 5) is 7.04. The van der Waals surface area contributed by atoms with Gasteiger partial charge in [0, 0.05) is 44.2 Å². The molecule has 0 aromatic heterocycles. The molecular weight excluding hydrogens is 439 g/mol. The third kappa shape index (κ3) is 6.51. The van der Waals surface area contributed by atoms with Gasteiger partial charge in [-0.05, 0) is 38.6 Å². The molecule has 2 unspecified atom stereocenters. The normalized spacial score (nSPS) is 26.7. The summed E-state index contributed by atoms with van der Waals surface area (Å²) in [6, 6.07) is 0.976. The Morgan fingerprint density at radius 2 is 1.85 bits per heavy atom. The number of piperidine rings is 1. The highest BCUT2D eigenvalue weighted by molar-refractivity contribution is 14.0. The molecule has 1 heterocycles. The fourth-order valence-corrected chi connectivity index (χ4v) is 3.93. The first kappa shape index (κ1) is 24.0. The van der Waals surface area contributed by atoms with Crippen molar-refractivity contribution in [1.29, 1.82) is 0 Å². The van der Waals surface area contributed by atoms with Crippen LogP contribution >= 0.6 is 24.0 Å². The Labute approximate surface area is 178 Å². The molecule has 26 heavy (non-hydrogen) atoms. The highest BCUT2D eigenvalue weighted by atomic mass is 127. The first-order chi connectivity index (χ1) is 12.0. The average molecular weight is 480 g/mol. The van der Waals surface area contributed by atoms with E-state index < -0.39 is 0 Å². The standard InChI is InChI=1S/C20H40N4O.HI/c1-6-8-14-25-18-15-17(20(18,3)4)23-19(21-5)22-16-9-12-24(11-7-2)13-10-16;/h16-18H,6-15H2,1-5H3,(H2,21,22,23);1H. The molecule has 1 aliphatic carbocycles. The summed E-state index contributed by atoms with van der Waals surface area (Å²) >= 11 is 0. The third-order valence-electron chi connectivity index (χ3n) is 6.00. The van der Waals surface area contributed by atoms with Gasteiger partial charge in [-0.1, -0.05) is 34.1 Å². The zero-order chi connectivity index (χ0) is 18.3. The second-order valence-corrected chi connectivity index (χ2v) is 8.30. The van der Waals surface area contributed by atoms with Gasteiger partial charge >= 0.3 is 0 Å². The smallest absolute Gasteiger partial charge is 0.191 e. The Bertz CT molecular complexity index is 422. The van der Waals surface area contributed by atoms with Crippen LogP contribution in [0.2, 0.25) is 0 Å². The molecule has 154 valence electrons. The van der Waals surface area contributed by atoms with Crippen LogP contribution in [0, 0.1) is 5.41 Å². The van der Waals surface area contributed by atoms with E-state index in [0.717, 1.165) is 25.4 Å². The first-order valence-corrected chi connectivity index (χ1v) is 10.3. The Morgan fingerprint density at radius 3 is 2.38 bits per heavy atom. The average Bonchev–Trinajstić information content (AvgIpc) is 2.61. The van der Waals surface area contributed by atoms with E-state index >= 15 is 0 Å². The zero-order valence-electron chi connectivity index (χ0n) is 17.5.